The van der Waals surface area contributed by atoms with E-state index in [0.717, 1.165) is 0 Å². The lowest BCUT2D eigenvalue weighted by atomic mass is 10.2. The third-order valence-corrected chi connectivity index (χ3v) is 2.26. The summed E-state index contributed by atoms with van der Waals surface area (Å²) < 4.78 is 0.665. The second-order valence-electron chi connectivity index (χ2n) is 2.94. The molecule has 5 N–H and O–H groups in total. The van der Waals surface area contributed by atoms with Crippen molar-refractivity contribution in [1.29, 1.82) is 0 Å². The molecule has 0 spiro atoms. The van der Waals surface area contributed by atoms with Gasteiger partial charge in [0.25, 0.3) is 5.91 Å². The zero-order chi connectivity index (χ0) is 12.1. The van der Waals surface area contributed by atoms with Crippen LogP contribution in [0.4, 0.5) is 0 Å². The molecule has 0 aromatic heterocycles. The lowest BCUT2D eigenvalue weighted by molar-refractivity contribution is 0.0956. The van der Waals surface area contributed by atoms with Gasteiger partial charge in [0.2, 0.25) is 0 Å². The molecule has 0 fully saturated rings. The number of nitrogens with two attached hydrogens (primary N) is 1. The van der Waals surface area contributed by atoms with Crippen molar-refractivity contribution in [2.75, 3.05) is 6.54 Å². The molecular formula is C9H10BrN3O3. The maximum Gasteiger partial charge on any atom is 0.255 e. The van der Waals surface area contributed by atoms with Gasteiger partial charge in [0, 0.05) is 4.47 Å². The van der Waals surface area contributed by atoms with Gasteiger partial charge in [0.05, 0.1) is 12.1 Å². The van der Waals surface area contributed by atoms with Crippen molar-refractivity contribution in [3.05, 3.63) is 28.2 Å². The maximum atomic E-state index is 11.5. The Morgan fingerprint density at radius 2 is 2.25 bits per heavy atom. The topological polar surface area (TPSA) is 108 Å². The molecule has 6 nitrogen and oxygen atoms in total. The molecule has 0 heterocycles. The molecule has 16 heavy (non-hydrogen) atoms. The first-order chi connectivity index (χ1) is 7.54. The molecule has 0 saturated heterocycles. The highest BCUT2D eigenvalue weighted by molar-refractivity contribution is 9.10. The van der Waals surface area contributed by atoms with E-state index in [1.54, 1.807) is 6.07 Å². The lowest BCUT2D eigenvalue weighted by Gasteiger charge is -2.06. The number of phenols is 1. The number of aromatic hydroxyl groups is 1. The highest BCUT2D eigenvalue weighted by Crippen LogP contribution is 2.21. The van der Waals surface area contributed by atoms with Gasteiger partial charge in [-0.1, -0.05) is 21.1 Å². The summed E-state index contributed by atoms with van der Waals surface area (Å²) in [6.07, 6.45) is 0. The Labute approximate surface area is 99.9 Å². The summed E-state index contributed by atoms with van der Waals surface area (Å²) in [6, 6.07) is 4.48. The van der Waals surface area contributed by atoms with Crippen LogP contribution in [-0.2, 0) is 0 Å². The zero-order valence-corrected chi connectivity index (χ0v) is 9.73. The average Bonchev–Trinajstić information content (AvgIpc) is 2.25. The van der Waals surface area contributed by atoms with Crippen LogP contribution in [0.1, 0.15) is 10.4 Å². The largest absolute Gasteiger partial charge is 0.507 e. The van der Waals surface area contributed by atoms with Crippen molar-refractivity contribution in [2.24, 2.45) is 10.9 Å². The van der Waals surface area contributed by atoms with Gasteiger partial charge in [0.1, 0.15) is 5.75 Å². The monoisotopic (exact) mass is 287 g/mol. The van der Waals surface area contributed by atoms with E-state index < -0.39 is 5.91 Å². The van der Waals surface area contributed by atoms with Gasteiger partial charge in [-0.2, -0.15) is 0 Å². The smallest absolute Gasteiger partial charge is 0.255 e. The normalized spacial score (nSPS) is 11.2. The summed E-state index contributed by atoms with van der Waals surface area (Å²) in [4.78, 5) is 11.5. The quantitative estimate of drug-likeness (QED) is 0.283. The third kappa shape index (κ3) is 3.13. The average molecular weight is 288 g/mol. The minimum Gasteiger partial charge on any atom is -0.507 e. The molecule has 1 amide bonds. The fraction of sp³-hybridized carbons (Fsp3) is 0.111. The molecule has 86 valence electrons. The van der Waals surface area contributed by atoms with Gasteiger partial charge in [0.15, 0.2) is 5.84 Å². The predicted molar refractivity (Wildman–Crippen MR) is 61.5 cm³/mol. The van der Waals surface area contributed by atoms with E-state index >= 15 is 0 Å². The van der Waals surface area contributed by atoms with Crippen LogP contribution in [0, 0.1) is 0 Å². The van der Waals surface area contributed by atoms with Crippen LogP contribution >= 0.6 is 15.9 Å². The van der Waals surface area contributed by atoms with E-state index in [-0.39, 0.29) is 23.7 Å². The van der Waals surface area contributed by atoms with Crippen LogP contribution in [-0.4, -0.2) is 28.6 Å². The van der Waals surface area contributed by atoms with Crippen LogP contribution in [0.5, 0.6) is 5.75 Å². The van der Waals surface area contributed by atoms with Crippen LogP contribution in [0.3, 0.4) is 0 Å². The number of nitrogens with one attached hydrogen (secondary N) is 1. The maximum absolute atomic E-state index is 11.5. The standard InChI is InChI=1S/C9H10BrN3O3/c10-5-1-2-6(7(14)3-5)9(15)12-4-8(11)13-16/h1-3,14,16H,4H2,(H2,11,13)(H,12,15). The van der Waals surface area contributed by atoms with E-state index in [2.05, 4.69) is 26.4 Å². The van der Waals surface area contributed by atoms with Crippen molar-refractivity contribution < 1.29 is 15.1 Å². The Balaban J connectivity index is 2.74. The van der Waals surface area contributed by atoms with Crippen molar-refractivity contribution >= 4 is 27.7 Å². The molecule has 1 aromatic rings. The molecule has 0 atom stereocenters. The van der Waals surface area contributed by atoms with Crippen LogP contribution < -0.4 is 11.1 Å². The molecule has 1 aromatic carbocycles. The number of halogens is 1. The van der Waals surface area contributed by atoms with Crippen molar-refractivity contribution in [1.82, 2.24) is 5.32 Å². The minimum absolute atomic E-state index is 0.0924. The van der Waals surface area contributed by atoms with Gasteiger partial charge in [-0.25, -0.2) is 0 Å². The first-order valence-corrected chi connectivity index (χ1v) is 5.07. The number of oxime groups is 1. The second kappa shape index (κ2) is 5.36. The highest BCUT2D eigenvalue weighted by Gasteiger charge is 2.11. The van der Waals surface area contributed by atoms with E-state index in [1.807, 2.05) is 0 Å². The molecule has 0 aliphatic carbocycles. The number of phenolic OH excluding ortho intramolecular Hbond substituents is 1. The minimum atomic E-state index is -0.503. The zero-order valence-electron chi connectivity index (χ0n) is 8.14. The van der Waals surface area contributed by atoms with Crippen molar-refractivity contribution in [3.63, 3.8) is 0 Å². The Kier molecular flexibility index (Phi) is 4.12. The summed E-state index contributed by atoms with van der Waals surface area (Å²) in [5, 5.41) is 22.8. The summed E-state index contributed by atoms with van der Waals surface area (Å²) >= 11 is 3.15. The van der Waals surface area contributed by atoms with Gasteiger partial charge < -0.3 is 21.4 Å². The fourth-order valence-electron chi connectivity index (χ4n) is 0.998. The van der Waals surface area contributed by atoms with E-state index in [1.165, 1.54) is 12.1 Å². The number of rotatable bonds is 3. The molecule has 0 bridgehead atoms. The third-order valence-electron chi connectivity index (χ3n) is 1.76. The van der Waals surface area contributed by atoms with Crippen molar-refractivity contribution in [3.8, 4) is 5.75 Å². The predicted octanol–water partition coefficient (Wildman–Crippen LogP) is 0.631. The number of amides is 1. The number of nitrogens with zero attached hydrogens (tertiary/aromatic N) is 1. The Morgan fingerprint density at radius 1 is 1.56 bits per heavy atom. The van der Waals surface area contributed by atoms with Gasteiger partial charge in [-0.3, -0.25) is 4.79 Å². The second-order valence-corrected chi connectivity index (χ2v) is 3.85. The Morgan fingerprint density at radius 3 is 2.81 bits per heavy atom. The Bertz CT molecular complexity index is 434. The van der Waals surface area contributed by atoms with Gasteiger partial charge >= 0.3 is 0 Å². The Hall–Kier alpha value is -1.76. The number of hydrogen-bond donors (Lipinski definition) is 4. The number of amidine groups is 1. The van der Waals surface area contributed by atoms with E-state index in [0.29, 0.717) is 4.47 Å². The van der Waals surface area contributed by atoms with Gasteiger partial charge in [-0.15, -0.1) is 0 Å². The first kappa shape index (κ1) is 12.3. The van der Waals surface area contributed by atoms with Crippen LogP contribution in [0.2, 0.25) is 0 Å². The molecule has 0 aliphatic heterocycles. The summed E-state index contributed by atoms with van der Waals surface area (Å²) in [7, 11) is 0. The molecule has 0 unspecified atom stereocenters. The summed E-state index contributed by atoms with van der Waals surface area (Å²) in [5.41, 5.74) is 5.30. The number of hydrogen-bond acceptors (Lipinski definition) is 4. The summed E-state index contributed by atoms with van der Waals surface area (Å²) in [6.45, 7) is -0.0924. The molecule has 1 rings (SSSR count). The highest BCUT2D eigenvalue weighted by atomic mass is 79.9. The van der Waals surface area contributed by atoms with Crippen LogP contribution in [0.15, 0.2) is 27.8 Å². The van der Waals surface area contributed by atoms with Gasteiger partial charge in [-0.05, 0) is 18.2 Å². The van der Waals surface area contributed by atoms with Crippen LogP contribution in [0.25, 0.3) is 0 Å². The van der Waals surface area contributed by atoms with E-state index in [4.69, 9.17) is 10.9 Å². The number of benzene rings is 1. The number of carbonyl (C=O) groups is 1. The first-order valence-electron chi connectivity index (χ1n) is 4.27. The molecule has 7 heteroatoms. The fourth-order valence-corrected chi connectivity index (χ4v) is 1.35. The van der Waals surface area contributed by atoms with Crippen molar-refractivity contribution in [2.45, 2.75) is 0 Å². The number of carbonyl (C=O) groups excluding carboxylic acids is 1. The van der Waals surface area contributed by atoms with E-state index in [9.17, 15) is 9.90 Å². The lowest BCUT2D eigenvalue weighted by Crippen LogP contribution is -2.33. The molecule has 0 radical (unpaired) electrons. The molecule has 0 saturated carbocycles. The summed E-state index contributed by atoms with van der Waals surface area (Å²) in [5.74, 6) is -0.770. The molecule has 0 aliphatic rings. The molecular weight excluding hydrogens is 278 g/mol. The SMILES string of the molecule is NC(CNC(=O)c1ccc(Br)cc1O)=NO.